The first-order chi connectivity index (χ1) is 14.9. The molecule has 1 aromatic heterocycles. The summed E-state index contributed by atoms with van der Waals surface area (Å²) in [6, 6.07) is 5.24. The Kier molecular flexibility index (Phi) is 7.06. The first-order valence-electron chi connectivity index (χ1n) is 10.4. The van der Waals surface area contributed by atoms with E-state index in [9.17, 15) is 4.79 Å². The molecule has 2 saturated heterocycles. The van der Waals surface area contributed by atoms with E-state index < -0.39 is 0 Å². The maximum absolute atomic E-state index is 12.6. The number of carbonyl (C=O) groups excluding carboxylic acids is 1. The van der Waals surface area contributed by atoms with Gasteiger partial charge in [0.1, 0.15) is 5.02 Å². The van der Waals surface area contributed by atoms with E-state index in [1.54, 1.807) is 18.3 Å². The molecular formula is C21H25Cl3N6O. The highest BCUT2D eigenvalue weighted by Crippen LogP contribution is 2.30. The van der Waals surface area contributed by atoms with E-state index in [1.165, 1.54) is 0 Å². The summed E-state index contributed by atoms with van der Waals surface area (Å²) in [7, 11) is 0. The van der Waals surface area contributed by atoms with Crippen LogP contribution in [0.15, 0.2) is 24.4 Å². The number of hydrogen-bond acceptors (Lipinski definition) is 6. The highest BCUT2D eigenvalue weighted by Gasteiger charge is 2.30. The molecule has 0 radical (unpaired) electrons. The second-order valence-corrected chi connectivity index (χ2v) is 9.11. The monoisotopic (exact) mass is 482 g/mol. The van der Waals surface area contributed by atoms with Gasteiger partial charge in [-0.05, 0) is 44.0 Å². The molecule has 4 rings (SSSR count). The first kappa shape index (κ1) is 22.4. The Morgan fingerprint density at radius 3 is 2.65 bits per heavy atom. The van der Waals surface area contributed by atoms with Crippen molar-refractivity contribution in [3.05, 3.63) is 45.0 Å². The van der Waals surface area contributed by atoms with Gasteiger partial charge in [-0.25, -0.2) is 4.98 Å². The van der Waals surface area contributed by atoms with E-state index >= 15 is 0 Å². The van der Waals surface area contributed by atoms with Gasteiger partial charge in [-0.1, -0.05) is 40.9 Å². The quantitative estimate of drug-likeness (QED) is 0.669. The lowest BCUT2D eigenvalue weighted by atomic mass is 10.1. The van der Waals surface area contributed by atoms with Gasteiger partial charge in [-0.15, -0.1) is 0 Å². The summed E-state index contributed by atoms with van der Waals surface area (Å²) >= 11 is 18.7. The van der Waals surface area contributed by atoms with Gasteiger partial charge in [-0.3, -0.25) is 4.79 Å². The number of anilines is 2. The number of amides is 1. The zero-order valence-corrected chi connectivity index (χ0v) is 19.5. The molecular weight excluding hydrogens is 459 g/mol. The Balaban J connectivity index is 1.41. The molecule has 2 N–H and O–H groups in total. The summed E-state index contributed by atoms with van der Waals surface area (Å²) in [6.07, 6.45) is 3.58. The van der Waals surface area contributed by atoms with Gasteiger partial charge >= 0.3 is 0 Å². The van der Waals surface area contributed by atoms with Gasteiger partial charge in [0.25, 0.3) is 0 Å². The Morgan fingerprint density at radius 2 is 1.97 bits per heavy atom. The lowest BCUT2D eigenvalue weighted by molar-refractivity contribution is -0.133. The van der Waals surface area contributed by atoms with Gasteiger partial charge in [0.05, 0.1) is 18.3 Å². The standard InChI is InChI=1S/C21H25Cl3N6O/c1-13(15-5-4-14(22)11-16(15)23)27-19-17(24)12-26-21(28-19)30-9-7-29(8-10-30)20(31)18-3-2-6-25-18/h4-5,11-13,18,25H,2-3,6-10H2,1H3,(H,26,27,28)/t13-,18-/m1/s1. The van der Waals surface area contributed by atoms with Crippen molar-refractivity contribution in [2.75, 3.05) is 42.9 Å². The van der Waals surface area contributed by atoms with Crippen LogP contribution >= 0.6 is 34.8 Å². The van der Waals surface area contributed by atoms with Crippen LogP contribution in [0, 0.1) is 0 Å². The number of piperazine rings is 1. The molecule has 2 aromatic rings. The minimum atomic E-state index is -0.126. The van der Waals surface area contributed by atoms with Crippen LogP contribution in [0.2, 0.25) is 15.1 Å². The van der Waals surface area contributed by atoms with E-state index in [1.807, 2.05) is 17.9 Å². The first-order valence-corrected chi connectivity index (χ1v) is 11.6. The van der Waals surface area contributed by atoms with Gasteiger partial charge in [-0.2, -0.15) is 4.98 Å². The molecule has 0 unspecified atom stereocenters. The van der Waals surface area contributed by atoms with Crippen molar-refractivity contribution in [2.24, 2.45) is 0 Å². The molecule has 1 amide bonds. The smallest absolute Gasteiger partial charge is 0.239 e. The summed E-state index contributed by atoms with van der Waals surface area (Å²) in [5, 5.41) is 8.20. The van der Waals surface area contributed by atoms with Crippen molar-refractivity contribution in [1.82, 2.24) is 20.2 Å². The zero-order valence-electron chi connectivity index (χ0n) is 17.2. The second kappa shape index (κ2) is 9.77. The highest BCUT2D eigenvalue weighted by molar-refractivity contribution is 6.35. The number of nitrogens with one attached hydrogen (secondary N) is 2. The van der Waals surface area contributed by atoms with Gasteiger partial charge in [0.15, 0.2) is 5.82 Å². The highest BCUT2D eigenvalue weighted by atomic mass is 35.5. The van der Waals surface area contributed by atoms with Gasteiger partial charge in [0, 0.05) is 36.2 Å². The van der Waals surface area contributed by atoms with Crippen LogP contribution in [-0.2, 0) is 4.79 Å². The van der Waals surface area contributed by atoms with Crippen molar-refractivity contribution in [1.29, 1.82) is 0 Å². The third-order valence-corrected chi connectivity index (χ3v) is 6.59. The topological polar surface area (TPSA) is 73.4 Å². The summed E-state index contributed by atoms with van der Waals surface area (Å²) in [5.41, 5.74) is 0.898. The fraction of sp³-hybridized carbons (Fsp3) is 0.476. The predicted molar refractivity (Wildman–Crippen MR) is 125 cm³/mol. The van der Waals surface area contributed by atoms with E-state index in [0.29, 0.717) is 53.0 Å². The van der Waals surface area contributed by atoms with Crippen molar-refractivity contribution in [2.45, 2.75) is 31.8 Å². The Hall–Kier alpha value is -1.80. The number of hydrogen-bond donors (Lipinski definition) is 2. The summed E-state index contributed by atoms with van der Waals surface area (Å²) in [4.78, 5) is 25.7. The summed E-state index contributed by atoms with van der Waals surface area (Å²) < 4.78 is 0. The van der Waals surface area contributed by atoms with Crippen molar-refractivity contribution >= 4 is 52.5 Å². The SMILES string of the molecule is C[C@@H](Nc1nc(N2CCN(C(=O)[C@H]3CCCN3)CC2)ncc1Cl)c1ccc(Cl)cc1Cl. The fourth-order valence-corrected chi connectivity index (χ4v) is 4.71. The normalized spacial score (nSPS) is 20.1. The fourth-order valence-electron chi connectivity index (χ4n) is 3.99. The van der Waals surface area contributed by atoms with E-state index in [4.69, 9.17) is 34.8 Å². The molecule has 0 spiro atoms. The predicted octanol–water partition coefficient (Wildman–Crippen LogP) is 4.01. The average molecular weight is 484 g/mol. The molecule has 10 heteroatoms. The molecule has 2 aliphatic rings. The Morgan fingerprint density at radius 1 is 1.19 bits per heavy atom. The third kappa shape index (κ3) is 5.17. The summed E-state index contributed by atoms with van der Waals surface area (Å²) in [5.74, 6) is 1.33. The molecule has 166 valence electrons. The summed E-state index contributed by atoms with van der Waals surface area (Å²) in [6.45, 7) is 5.57. The minimum Gasteiger partial charge on any atom is -0.362 e. The number of halogens is 3. The van der Waals surface area contributed by atoms with E-state index in [2.05, 4.69) is 25.5 Å². The molecule has 2 atom stereocenters. The maximum atomic E-state index is 12.6. The van der Waals surface area contributed by atoms with Crippen LogP contribution < -0.4 is 15.5 Å². The van der Waals surface area contributed by atoms with Crippen LogP contribution in [0.3, 0.4) is 0 Å². The van der Waals surface area contributed by atoms with Crippen LogP contribution in [0.25, 0.3) is 0 Å². The maximum Gasteiger partial charge on any atom is 0.239 e. The van der Waals surface area contributed by atoms with E-state index in [0.717, 1.165) is 24.9 Å². The van der Waals surface area contributed by atoms with Crippen LogP contribution in [-0.4, -0.2) is 59.5 Å². The minimum absolute atomic E-state index is 0.0321. The van der Waals surface area contributed by atoms with Crippen LogP contribution in [0.1, 0.15) is 31.4 Å². The Bertz CT molecular complexity index is 945. The molecule has 2 aliphatic heterocycles. The largest absolute Gasteiger partial charge is 0.362 e. The molecule has 1 aromatic carbocycles. The molecule has 0 saturated carbocycles. The zero-order chi connectivity index (χ0) is 22.0. The second-order valence-electron chi connectivity index (χ2n) is 7.86. The van der Waals surface area contributed by atoms with Crippen molar-refractivity contribution in [3.8, 4) is 0 Å². The number of benzene rings is 1. The number of carbonyl (C=O) groups is 1. The Labute approximate surface area is 197 Å². The molecule has 2 fully saturated rings. The molecule has 3 heterocycles. The van der Waals surface area contributed by atoms with E-state index in [-0.39, 0.29) is 18.0 Å². The lowest BCUT2D eigenvalue weighted by Crippen LogP contribution is -2.53. The van der Waals surface area contributed by atoms with Gasteiger partial charge < -0.3 is 20.4 Å². The molecule has 0 bridgehead atoms. The third-order valence-electron chi connectivity index (χ3n) is 5.75. The number of nitrogens with zero attached hydrogens (tertiary/aromatic N) is 4. The molecule has 7 nitrogen and oxygen atoms in total. The molecule has 0 aliphatic carbocycles. The number of aromatic nitrogens is 2. The number of rotatable bonds is 5. The van der Waals surface area contributed by atoms with Crippen molar-refractivity contribution in [3.63, 3.8) is 0 Å². The van der Waals surface area contributed by atoms with Crippen LogP contribution in [0.5, 0.6) is 0 Å². The molecule has 31 heavy (non-hydrogen) atoms. The van der Waals surface area contributed by atoms with Crippen LogP contribution in [0.4, 0.5) is 11.8 Å². The van der Waals surface area contributed by atoms with Gasteiger partial charge in [0.2, 0.25) is 11.9 Å². The lowest BCUT2D eigenvalue weighted by Gasteiger charge is -2.36. The van der Waals surface area contributed by atoms with Crippen molar-refractivity contribution < 1.29 is 4.79 Å². The average Bonchev–Trinajstić information content (AvgIpc) is 3.30.